The van der Waals surface area contributed by atoms with Crippen molar-refractivity contribution in [3.8, 4) is 0 Å². The van der Waals surface area contributed by atoms with Crippen LogP contribution in [0.3, 0.4) is 0 Å². The van der Waals surface area contributed by atoms with Crippen LogP contribution in [0.15, 0.2) is 45.8 Å². The fraction of sp³-hybridized carbons (Fsp3) is 0.143. The minimum absolute atomic E-state index is 0.0701. The quantitative estimate of drug-likeness (QED) is 0.829. The fourth-order valence-corrected chi connectivity index (χ4v) is 3.52. The van der Waals surface area contributed by atoms with Gasteiger partial charge < -0.3 is 5.73 Å². The number of nitrogens with two attached hydrogens (primary N) is 1. The maximum Gasteiger partial charge on any atom is 0.263 e. The first kappa shape index (κ1) is 14.9. The van der Waals surface area contributed by atoms with Crippen LogP contribution in [0.5, 0.6) is 0 Å². The van der Waals surface area contributed by atoms with Crippen molar-refractivity contribution in [3.63, 3.8) is 0 Å². The van der Waals surface area contributed by atoms with Crippen LogP contribution in [0.25, 0.3) is 0 Å². The molecule has 0 amide bonds. The van der Waals surface area contributed by atoms with Gasteiger partial charge in [-0.1, -0.05) is 33.6 Å². The van der Waals surface area contributed by atoms with Gasteiger partial charge in [0.25, 0.3) is 10.0 Å². The third-order valence-corrected chi connectivity index (χ3v) is 4.82. The summed E-state index contributed by atoms with van der Waals surface area (Å²) < 4.78 is 28.0. The van der Waals surface area contributed by atoms with E-state index in [2.05, 4.69) is 20.7 Å². The third-order valence-electron chi connectivity index (χ3n) is 2.89. The van der Waals surface area contributed by atoms with Crippen LogP contribution >= 0.6 is 15.9 Å². The van der Waals surface area contributed by atoms with Crippen LogP contribution in [0.2, 0.25) is 0 Å². The Hall–Kier alpha value is -1.53. The summed E-state index contributed by atoms with van der Waals surface area (Å²) in [6, 6.07) is 10.2. The van der Waals surface area contributed by atoms with E-state index in [0.29, 0.717) is 5.69 Å². The molecule has 0 saturated heterocycles. The van der Waals surface area contributed by atoms with Crippen LogP contribution in [-0.4, -0.2) is 8.42 Å². The number of halogens is 1. The number of hydrogen-bond acceptors (Lipinski definition) is 3. The summed E-state index contributed by atoms with van der Waals surface area (Å²) in [5.41, 5.74) is 8.48. The minimum Gasteiger partial charge on any atom is -0.398 e. The summed E-state index contributed by atoms with van der Waals surface area (Å²) >= 11 is 3.25. The molecule has 0 aliphatic heterocycles. The normalized spacial score (nSPS) is 11.3. The van der Waals surface area contributed by atoms with Crippen molar-refractivity contribution in [1.82, 2.24) is 0 Å². The fourth-order valence-electron chi connectivity index (χ4n) is 1.89. The third kappa shape index (κ3) is 3.13. The highest BCUT2D eigenvalue weighted by atomic mass is 79.9. The molecule has 0 aromatic heterocycles. The van der Waals surface area contributed by atoms with Crippen molar-refractivity contribution in [3.05, 3.63) is 52.0 Å². The van der Waals surface area contributed by atoms with Gasteiger partial charge in [0.2, 0.25) is 0 Å². The Bertz CT molecular complexity index is 758. The van der Waals surface area contributed by atoms with Crippen molar-refractivity contribution in [2.45, 2.75) is 18.7 Å². The molecule has 106 valence electrons. The number of benzene rings is 2. The molecule has 2 aromatic rings. The molecule has 2 rings (SSSR count). The first-order valence-electron chi connectivity index (χ1n) is 5.95. The summed E-state index contributed by atoms with van der Waals surface area (Å²) in [4.78, 5) is 0.0701. The molecule has 0 fully saturated rings. The van der Waals surface area contributed by atoms with Crippen molar-refractivity contribution in [2.24, 2.45) is 0 Å². The molecule has 0 heterocycles. The lowest BCUT2D eigenvalue weighted by Crippen LogP contribution is -2.15. The lowest BCUT2D eigenvalue weighted by molar-refractivity contribution is 0.601. The molecule has 0 radical (unpaired) electrons. The molecule has 0 saturated carbocycles. The van der Waals surface area contributed by atoms with Crippen LogP contribution < -0.4 is 10.5 Å². The van der Waals surface area contributed by atoms with Crippen LogP contribution in [-0.2, 0) is 10.0 Å². The van der Waals surface area contributed by atoms with E-state index < -0.39 is 10.0 Å². The van der Waals surface area contributed by atoms with E-state index >= 15 is 0 Å². The molecule has 0 unspecified atom stereocenters. The zero-order valence-corrected chi connectivity index (χ0v) is 13.5. The Labute approximate surface area is 127 Å². The minimum atomic E-state index is -3.69. The predicted octanol–water partition coefficient (Wildman–Crippen LogP) is 3.45. The molecule has 4 nitrogen and oxygen atoms in total. The summed E-state index contributed by atoms with van der Waals surface area (Å²) in [6.07, 6.45) is 0. The van der Waals surface area contributed by atoms with E-state index in [-0.39, 0.29) is 10.6 Å². The van der Waals surface area contributed by atoms with E-state index in [4.69, 9.17) is 5.73 Å². The maximum atomic E-state index is 12.4. The number of nitrogens with one attached hydrogen (secondary N) is 1. The monoisotopic (exact) mass is 354 g/mol. The molecule has 0 atom stereocenters. The lowest BCUT2D eigenvalue weighted by Gasteiger charge is -2.12. The second-order valence-corrected chi connectivity index (χ2v) is 7.17. The van der Waals surface area contributed by atoms with Gasteiger partial charge in [-0.05, 0) is 43.7 Å². The van der Waals surface area contributed by atoms with Gasteiger partial charge >= 0.3 is 0 Å². The highest BCUT2D eigenvalue weighted by molar-refractivity contribution is 9.10. The molecule has 6 heteroatoms. The zero-order valence-electron chi connectivity index (χ0n) is 11.1. The van der Waals surface area contributed by atoms with E-state index in [1.807, 2.05) is 26.0 Å². The Morgan fingerprint density at radius 2 is 1.80 bits per heavy atom. The topological polar surface area (TPSA) is 72.2 Å². The second kappa shape index (κ2) is 5.46. The SMILES string of the molecule is Cc1ccc(NS(=O)(=O)c2ccc(Br)cc2N)c(C)c1. The molecule has 2 aromatic carbocycles. The number of sulfonamides is 1. The van der Waals surface area contributed by atoms with Gasteiger partial charge in [-0.15, -0.1) is 0 Å². The van der Waals surface area contributed by atoms with Crippen molar-refractivity contribution in [2.75, 3.05) is 10.5 Å². The largest absolute Gasteiger partial charge is 0.398 e. The van der Waals surface area contributed by atoms with Gasteiger partial charge in [0.15, 0.2) is 0 Å². The van der Waals surface area contributed by atoms with Crippen molar-refractivity contribution < 1.29 is 8.42 Å². The standard InChI is InChI=1S/C14H15BrN2O2S/c1-9-3-5-13(10(2)7-9)17-20(18,19)14-6-4-11(15)8-12(14)16/h3-8,17H,16H2,1-2H3. The van der Waals surface area contributed by atoms with Gasteiger partial charge in [-0.25, -0.2) is 8.42 Å². The van der Waals surface area contributed by atoms with E-state index in [1.54, 1.807) is 18.2 Å². The molecule has 20 heavy (non-hydrogen) atoms. The van der Waals surface area contributed by atoms with Crippen LogP contribution in [0, 0.1) is 13.8 Å². The summed E-state index contributed by atoms with van der Waals surface area (Å²) in [5, 5.41) is 0. The number of anilines is 2. The molecule has 0 spiro atoms. The summed E-state index contributed by atoms with van der Waals surface area (Å²) in [6.45, 7) is 3.81. The predicted molar refractivity (Wildman–Crippen MR) is 85.3 cm³/mol. The number of nitrogen functional groups attached to an aromatic ring is 1. The lowest BCUT2D eigenvalue weighted by atomic mass is 10.1. The molecular weight excluding hydrogens is 340 g/mol. The Balaban J connectivity index is 2.41. The highest BCUT2D eigenvalue weighted by Crippen LogP contribution is 2.26. The Morgan fingerprint density at radius 1 is 1.10 bits per heavy atom. The van der Waals surface area contributed by atoms with Gasteiger partial charge in [-0.3, -0.25) is 4.72 Å². The number of hydrogen-bond donors (Lipinski definition) is 2. The molecule has 0 bridgehead atoms. The first-order chi connectivity index (χ1) is 9.29. The Kier molecular flexibility index (Phi) is 4.06. The van der Waals surface area contributed by atoms with Crippen molar-refractivity contribution in [1.29, 1.82) is 0 Å². The second-order valence-electron chi connectivity index (χ2n) is 4.61. The maximum absolute atomic E-state index is 12.4. The molecule has 0 aliphatic carbocycles. The average molecular weight is 355 g/mol. The van der Waals surface area contributed by atoms with Crippen molar-refractivity contribution >= 4 is 37.3 Å². The van der Waals surface area contributed by atoms with E-state index in [1.165, 1.54) is 6.07 Å². The highest BCUT2D eigenvalue weighted by Gasteiger charge is 2.18. The van der Waals surface area contributed by atoms with Gasteiger partial charge in [-0.2, -0.15) is 0 Å². The number of aryl methyl sites for hydroxylation is 2. The number of rotatable bonds is 3. The average Bonchev–Trinajstić information content (AvgIpc) is 2.32. The van der Waals surface area contributed by atoms with Gasteiger partial charge in [0.1, 0.15) is 4.90 Å². The van der Waals surface area contributed by atoms with E-state index in [0.717, 1.165) is 15.6 Å². The molecule has 0 aliphatic rings. The van der Waals surface area contributed by atoms with Crippen LogP contribution in [0.1, 0.15) is 11.1 Å². The van der Waals surface area contributed by atoms with E-state index in [9.17, 15) is 8.42 Å². The van der Waals surface area contributed by atoms with Gasteiger partial charge in [0.05, 0.1) is 11.4 Å². The smallest absolute Gasteiger partial charge is 0.263 e. The van der Waals surface area contributed by atoms with Crippen LogP contribution in [0.4, 0.5) is 11.4 Å². The molecule has 3 N–H and O–H groups in total. The first-order valence-corrected chi connectivity index (χ1v) is 8.22. The Morgan fingerprint density at radius 3 is 2.40 bits per heavy atom. The molecular formula is C14H15BrN2O2S. The zero-order chi connectivity index (χ0) is 14.9. The van der Waals surface area contributed by atoms with Gasteiger partial charge in [0, 0.05) is 4.47 Å². The summed E-state index contributed by atoms with van der Waals surface area (Å²) in [7, 11) is -3.69. The summed E-state index contributed by atoms with van der Waals surface area (Å²) in [5.74, 6) is 0.